The highest BCUT2D eigenvalue weighted by molar-refractivity contribution is 7.80. The van der Waals surface area contributed by atoms with Gasteiger partial charge in [0.25, 0.3) is 17.9 Å². The van der Waals surface area contributed by atoms with Crippen LogP contribution in [0.4, 0.5) is 18.3 Å². The fourth-order valence-electron chi connectivity index (χ4n) is 4.66. The number of rotatable bonds is 13. The fourth-order valence-corrected chi connectivity index (χ4v) is 5.82. The SMILES string of the molecule is CC1(C)[C@H](NC(=O)/C(=N\OC(COc2ccc(C(N)=NC3CCNCC3)cc2)C(=O)O)c2nc(N)sc2C(F)(F)F)C(=O)N1OS(=O)(=O)O. The summed E-state index contributed by atoms with van der Waals surface area (Å²) in [5, 5.41) is 17.9. The molecule has 0 saturated carbocycles. The molecule has 18 nitrogen and oxygen atoms in total. The summed E-state index contributed by atoms with van der Waals surface area (Å²) in [6.07, 6.45) is -5.43. The smallest absolute Gasteiger partial charge is 0.427 e. The molecule has 23 heteroatoms. The molecule has 268 valence electrons. The number of ether oxygens (including phenoxy) is 1. The Hall–Kier alpha value is -4.58. The van der Waals surface area contributed by atoms with E-state index in [2.05, 4.69) is 30.0 Å². The highest BCUT2D eigenvalue weighted by Crippen LogP contribution is 2.38. The molecule has 0 spiro atoms. The number of carbonyl (C=O) groups is 3. The molecule has 4 rings (SSSR count). The molecular weight excluding hydrogens is 705 g/mol. The monoisotopic (exact) mass is 736 g/mol. The van der Waals surface area contributed by atoms with Crippen LogP contribution in [-0.2, 0) is 40.1 Å². The minimum atomic E-state index is -5.16. The van der Waals surface area contributed by atoms with E-state index in [1.807, 2.05) is 0 Å². The van der Waals surface area contributed by atoms with Gasteiger partial charge in [-0.25, -0.2) is 9.78 Å². The van der Waals surface area contributed by atoms with Crippen LogP contribution in [0.5, 0.6) is 5.75 Å². The second-order valence-corrected chi connectivity index (χ2v) is 13.2. The van der Waals surface area contributed by atoms with Gasteiger partial charge in [0.05, 0.1) is 11.6 Å². The van der Waals surface area contributed by atoms with Gasteiger partial charge in [0, 0.05) is 5.56 Å². The highest BCUT2D eigenvalue weighted by Gasteiger charge is 2.58. The van der Waals surface area contributed by atoms with Crippen molar-refractivity contribution in [1.29, 1.82) is 0 Å². The summed E-state index contributed by atoms with van der Waals surface area (Å²) in [5.74, 6) is -3.95. The topological polar surface area (TPSA) is 270 Å². The van der Waals surface area contributed by atoms with Crippen molar-refractivity contribution in [2.24, 2.45) is 15.9 Å². The van der Waals surface area contributed by atoms with Crippen LogP contribution in [0.2, 0.25) is 0 Å². The van der Waals surface area contributed by atoms with E-state index in [9.17, 15) is 41.1 Å². The number of halogens is 3. The lowest BCUT2D eigenvalue weighted by Gasteiger charge is -2.50. The van der Waals surface area contributed by atoms with Gasteiger partial charge in [-0.15, -0.1) is 4.28 Å². The van der Waals surface area contributed by atoms with Crippen molar-refractivity contribution in [3.05, 3.63) is 40.4 Å². The Balaban J connectivity index is 1.53. The molecule has 1 aromatic heterocycles. The van der Waals surface area contributed by atoms with E-state index in [1.54, 1.807) is 12.1 Å². The van der Waals surface area contributed by atoms with Crippen LogP contribution in [-0.4, -0.2) is 101 Å². The van der Waals surface area contributed by atoms with E-state index in [4.69, 9.17) is 25.6 Å². The average molecular weight is 737 g/mol. The minimum absolute atomic E-state index is 0.0521. The van der Waals surface area contributed by atoms with E-state index >= 15 is 0 Å². The fraction of sp³-hybridized carbons (Fsp3) is 0.462. The van der Waals surface area contributed by atoms with Gasteiger partial charge in [-0.05, 0) is 64.0 Å². The largest absolute Gasteiger partial charge is 0.489 e. The van der Waals surface area contributed by atoms with E-state index in [0.29, 0.717) is 11.4 Å². The lowest BCUT2D eigenvalue weighted by molar-refractivity contribution is -0.218. The second kappa shape index (κ2) is 14.5. The summed E-state index contributed by atoms with van der Waals surface area (Å²) in [4.78, 5) is 49.3. The first kappa shape index (κ1) is 37.2. The zero-order valence-electron chi connectivity index (χ0n) is 25.6. The number of aromatic nitrogens is 1. The third-order valence-corrected chi connectivity index (χ3v) is 8.46. The third-order valence-electron chi connectivity index (χ3n) is 7.19. The molecule has 8 N–H and O–H groups in total. The first-order valence-corrected chi connectivity index (χ1v) is 16.4. The predicted octanol–water partition coefficient (Wildman–Crippen LogP) is 0.294. The molecule has 1 unspecified atom stereocenters. The number of piperidine rings is 1. The number of amidine groups is 1. The van der Waals surface area contributed by atoms with Crippen LogP contribution < -0.4 is 26.8 Å². The number of nitrogen functional groups attached to an aromatic ring is 1. The Morgan fingerprint density at radius 3 is 2.43 bits per heavy atom. The number of aliphatic carboxylic acids is 1. The molecule has 3 heterocycles. The van der Waals surface area contributed by atoms with Gasteiger partial charge in [-0.3, -0.25) is 19.1 Å². The van der Waals surface area contributed by atoms with Crippen LogP contribution in [0.25, 0.3) is 0 Å². The summed E-state index contributed by atoms with van der Waals surface area (Å²) in [5.41, 5.74) is 8.14. The van der Waals surface area contributed by atoms with Crippen molar-refractivity contribution >= 4 is 56.2 Å². The number of hydrogen-bond donors (Lipinski definition) is 6. The first-order valence-electron chi connectivity index (χ1n) is 14.2. The Bertz CT molecular complexity index is 1740. The Labute approximate surface area is 280 Å². The van der Waals surface area contributed by atoms with E-state index in [-0.39, 0.29) is 28.2 Å². The van der Waals surface area contributed by atoms with Crippen molar-refractivity contribution in [3.8, 4) is 5.75 Å². The number of carboxylic acids is 1. The number of anilines is 1. The van der Waals surface area contributed by atoms with Gasteiger partial charge in [-0.2, -0.15) is 26.7 Å². The number of aliphatic imine (C=N–C) groups is 1. The summed E-state index contributed by atoms with van der Waals surface area (Å²) in [6, 6.07) is 4.56. The molecule has 0 radical (unpaired) electrons. The van der Waals surface area contributed by atoms with Gasteiger partial charge in [0.1, 0.15) is 34.8 Å². The van der Waals surface area contributed by atoms with Gasteiger partial charge >= 0.3 is 22.5 Å². The van der Waals surface area contributed by atoms with Crippen LogP contribution in [0.15, 0.2) is 34.4 Å². The number of carbonyl (C=O) groups excluding carboxylic acids is 2. The van der Waals surface area contributed by atoms with Crippen LogP contribution in [0.1, 0.15) is 42.8 Å². The van der Waals surface area contributed by atoms with Crippen LogP contribution in [0, 0.1) is 0 Å². The molecule has 2 atom stereocenters. The summed E-state index contributed by atoms with van der Waals surface area (Å²) >= 11 is -0.0521. The molecular formula is C26H31F3N8O10S2. The zero-order chi connectivity index (χ0) is 36.3. The number of amides is 2. The molecule has 2 saturated heterocycles. The normalized spacial score (nSPS) is 19.6. The molecule has 2 aromatic rings. The number of carboxylic acid groups (broad SMARTS) is 1. The van der Waals surface area contributed by atoms with E-state index in [1.165, 1.54) is 26.0 Å². The molecule has 2 aliphatic heterocycles. The summed E-state index contributed by atoms with van der Waals surface area (Å²) in [6.45, 7) is 3.29. The molecule has 1 aromatic carbocycles. The maximum absolute atomic E-state index is 13.8. The summed E-state index contributed by atoms with van der Waals surface area (Å²) < 4.78 is 82.3. The number of oxime groups is 1. The number of β-lactam (4-membered cyclic amide) rings is 1. The van der Waals surface area contributed by atoms with Crippen LogP contribution >= 0.6 is 11.3 Å². The number of hydrogen-bond acceptors (Lipinski definition) is 14. The van der Waals surface area contributed by atoms with Crippen molar-refractivity contribution < 1.29 is 59.5 Å². The number of nitrogens with one attached hydrogen (secondary N) is 2. The predicted molar refractivity (Wildman–Crippen MR) is 165 cm³/mol. The van der Waals surface area contributed by atoms with Gasteiger partial charge < -0.3 is 36.8 Å². The van der Waals surface area contributed by atoms with Gasteiger partial charge in [-0.1, -0.05) is 16.5 Å². The van der Waals surface area contributed by atoms with Crippen LogP contribution in [0.3, 0.4) is 0 Å². The molecule has 2 amide bonds. The Morgan fingerprint density at radius 2 is 1.88 bits per heavy atom. The average Bonchev–Trinajstić information content (AvgIpc) is 3.42. The maximum atomic E-state index is 13.8. The third kappa shape index (κ3) is 9.11. The second-order valence-electron chi connectivity index (χ2n) is 11.1. The maximum Gasteiger partial charge on any atom is 0.427 e. The number of hydroxylamine groups is 2. The van der Waals surface area contributed by atoms with Gasteiger partial charge in [0.15, 0.2) is 10.8 Å². The lowest BCUT2D eigenvalue weighted by Crippen LogP contribution is -2.76. The first-order chi connectivity index (χ1) is 22.8. The Morgan fingerprint density at radius 1 is 1.24 bits per heavy atom. The number of nitrogens with two attached hydrogens (primary N) is 2. The van der Waals surface area contributed by atoms with Crippen molar-refractivity contribution in [2.45, 2.75) is 56.6 Å². The molecule has 49 heavy (non-hydrogen) atoms. The number of thiazole rings is 1. The lowest BCUT2D eigenvalue weighted by atomic mass is 9.84. The van der Waals surface area contributed by atoms with Crippen molar-refractivity contribution in [3.63, 3.8) is 0 Å². The van der Waals surface area contributed by atoms with Crippen molar-refractivity contribution in [1.82, 2.24) is 20.7 Å². The Kier molecular flexibility index (Phi) is 11.0. The van der Waals surface area contributed by atoms with E-state index in [0.717, 1.165) is 25.9 Å². The number of alkyl halides is 3. The molecule has 0 bridgehead atoms. The quantitative estimate of drug-likeness (QED) is 0.0531. The van der Waals surface area contributed by atoms with Gasteiger partial charge in [0.2, 0.25) is 0 Å². The zero-order valence-corrected chi connectivity index (χ0v) is 27.3. The molecule has 2 aliphatic rings. The minimum Gasteiger partial charge on any atom is -0.489 e. The standard InChI is InChI=1S/C26H31F3N8O10S2/c1-25(2)18(22(39)37(25)47-49(42,43)44)35-21(38)17(16-19(26(27,28)29)48-24(31)34-16)36-46-15(23(40)41)11-45-14-5-3-12(4-6-14)20(30)33-13-7-9-32-10-8-13/h3-6,13,15,18,32H,7-11H2,1-2H3,(H2,30,33)(H2,31,34)(H,35,38)(H,40,41)(H,42,43,44)/b36-17-/t15?,18-/m1/s1. The van der Waals surface area contributed by atoms with E-state index < -0.39 is 80.1 Å². The highest BCUT2D eigenvalue weighted by atomic mass is 32.3. The molecule has 2 fully saturated rings. The molecule has 0 aliphatic carbocycles. The summed E-state index contributed by atoms with van der Waals surface area (Å²) in [7, 11) is -5.16. The number of benzene rings is 1. The van der Waals surface area contributed by atoms with Crippen molar-refractivity contribution in [2.75, 3.05) is 25.4 Å². The number of nitrogens with zero attached hydrogens (tertiary/aromatic N) is 4.